The van der Waals surface area contributed by atoms with E-state index >= 15 is 0 Å². The van der Waals surface area contributed by atoms with Gasteiger partial charge in [0.15, 0.2) is 0 Å². The van der Waals surface area contributed by atoms with Crippen LogP contribution in [0.1, 0.15) is 19.3 Å². The number of likely N-dealkylation sites (tertiary alicyclic amines) is 1. The highest BCUT2D eigenvalue weighted by molar-refractivity contribution is 6.01. The number of nitrogens with zero attached hydrogens (tertiary/aromatic N) is 4. The minimum absolute atomic E-state index is 0.0483. The van der Waals surface area contributed by atoms with Gasteiger partial charge in [-0.2, -0.15) is 0 Å². The van der Waals surface area contributed by atoms with Crippen molar-refractivity contribution in [1.29, 1.82) is 0 Å². The summed E-state index contributed by atoms with van der Waals surface area (Å²) < 4.78 is 0. The number of imide groups is 1. The molecular weight excluding hydrogens is 260 g/mol. The molecule has 0 aliphatic carbocycles. The number of carboxylic acid groups (broad SMARTS) is 1. The van der Waals surface area contributed by atoms with Gasteiger partial charge in [0, 0.05) is 12.8 Å². The monoisotopic (exact) mass is 274 g/mol. The molecule has 0 spiro atoms. The van der Waals surface area contributed by atoms with E-state index in [0.717, 1.165) is 9.91 Å². The molecule has 1 aliphatic rings. The molecule has 1 fully saturated rings. The normalized spacial score (nSPS) is 15.8. The maximum Gasteiger partial charge on any atom is 0.305 e. The summed E-state index contributed by atoms with van der Waals surface area (Å²) in [5.74, 6) is -1.80. The van der Waals surface area contributed by atoms with Crippen molar-refractivity contribution in [1.82, 2.24) is 9.91 Å². The fraction of sp³-hybridized carbons (Fsp3) is 0.667. The third-order valence-electron chi connectivity index (χ3n) is 2.41. The number of aliphatic carboxylic acids is 1. The zero-order chi connectivity index (χ0) is 14.4. The molecule has 10 nitrogen and oxygen atoms in total. The van der Waals surface area contributed by atoms with Crippen LogP contribution >= 0.6 is 0 Å². The highest BCUT2D eigenvalue weighted by Gasteiger charge is 2.29. The first-order valence-corrected chi connectivity index (χ1v) is 5.48. The fourth-order valence-corrected chi connectivity index (χ4v) is 1.31. The second-order valence-electron chi connectivity index (χ2n) is 3.83. The topological polar surface area (TPSA) is 126 Å². The van der Waals surface area contributed by atoms with Crippen molar-refractivity contribution < 1.29 is 29.3 Å². The number of carbonyl (C=O) groups is 3. The van der Waals surface area contributed by atoms with Crippen LogP contribution in [0.15, 0.2) is 5.28 Å². The molecule has 0 saturated carbocycles. The Bertz CT molecular complexity index is 394. The van der Waals surface area contributed by atoms with Crippen LogP contribution < -0.4 is 0 Å². The highest BCUT2D eigenvalue weighted by atomic mass is 16.7. The molecule has 106 valence electrons. The number of rotatable bonds is 7. The van der Waals surface area contributed by atoms with Gasteiger partial charge in [0.2, 0.25) is 23.8 Å². The summed E-state index contributed by atoms with van der Waals surface area (Å²) in [6.45, 7) is -0.476. The SMILES string of the molecule is CN(CCC(=O)O)/[N+]([O-])=N/OCN1C(=O)CCC1=O. The van der Waals surface area contributed by atoms with Crippen molar-refractivity contribution in [2.45, 2.75) is 19.3 Å². The van der Waals surface area contributed by atoms with Crippen molar-refractivity contribution in [2.24, 2.45) is 5.28 Å². The third kappa shape index (κ3) is 4.41. The first-order chi connectivity index (χ1) is 8.91. The lowest BCUT2D eigenvalue weighted by atomic mass is 10.4. The van der Waals surface area contributed by atoms with Gasteiger partial charge in [0.25, 0.3) is 0 Å². The lowest BCUT2D eigenvalue weighted by Crippen LogP contribution is -2.32. The van der Waals surface area contributed by atoms with Crippen LogP contribution in [0.4, 0.5) is 0 Å². The summed E-state index contributed by atoms with van der Waals surface area (Å²) in [5, 5.41) is 23.8. The molecule has 1 N–H and O–H groups in total. The minimum Gasteiger partial charge on any atom is -0.569 e. The Kier molecular flexibility index (Phi) is 5.03. The van der Waals surface area contributed by atoms with Gasteiger partial charge in [0.1, 0.15) is 0 Å². The van der Waals surface area contributed by atoms with E-state index in [9.17, 15) is 19.6 Å². The number of hydrogen-bond acceptors (Lipinski definition) is 6. The van der Waals surface area contributed by atoms with E-state index in [-0.39, 0.29) is 42.6 Å². The molecule has 2 amide bonds. The van der Waals surface area contributed by atoms with E-state index in [4.69, 9.17) is 5.11 Å². The second kappa shape index (κ2) is 6.52. The summed E-state index contributed by atoms with van der Waals surface area (Å²) in [7, 11) is 1.33. The van der Waals surface area contributed by atoms with Crippen LogP contribution in [0.3, 0.4) is 0 Å². The van der Waals surface area contributed by atoms with Crippen LogP contribution in [-0.2, 0) is 19.2 Å². The van der Waals surface area contributed by atoms with Gasteiger partial charge in [-0.3, -0.25) is 14.4 Å². The fourth-order valence-electron chi connectivity index (χ4n) is 1.31. The summed E-state index contributed by atoms with van der Waals surface area (Å²) in [6, 6.07) is 0. The smallest absolute Gasteiger partial charge is 0.305 e. The summed E-state index contributed by atoms with van der Waals surface area (Å²) in [6.07, 6.45) is 0.0252. The van der Waals surface area contributed by atoms with Gasteiger partial charge in [-0.15, -0.1) is 5.01 Å². The highest BCUT2D eigenvalue weighted by Crippen LogP contribution is 2.11. The Morgan fingerprint density at radius 3 is 2.63 bits per heavy atom. The molecule has 0 bridgehead atoms. The maximum absolute atomic E-state index is 11.3. The van der Waals surface area contributed by atoms with Crippen molar-refractivity contribution in [3.63, 3.8) is 0 Å². The van der Waals surface area contributed by atoms with Crippen LogP contribution in [0.5, 0.6) is 0 Å². The Morgan fingerprint density at radius 1 is 1.53 bits per heavy atom. The second-order valence-corrected chi connectivity index (χ2v) is 3.83. The zero-order valence-electron chi connectivity index (χ0n) is 10.3. The lowest BCUT2D eigenvalue weighted by molar-refractivity contribution is -0.705. The number of carboxylic acids is 1. The molecule has 0 aromatic rings. The van der Waals surface area contributed by atoms with Crippen LogP contribution in [0, 0.1) is 5.21 Å². The predicted molar refractivity (Wildman–Crippen MR) is 58.0 cm³/mol. The predicted octanol–water partition coefficient (Wildman–Crippen LogP) is -0.691. The largest absolute Gasteiger partial charge is 0.569 e. The average molecular weight is 274 g/mol. The van der Waals surface area contributed by atoms with E-state index in [2.05, 4.69) is 10.1 Å². The average Bonchev–Trinajstić information content (AvgIpc) is 2.67. The van der Waals surface area contributed by atoms with Gasteiger partial charge >= 0.3 is 5.97 Å². The standard InChI is InChI=1S/C9H14N4O6/c1-11(5-4-9(16)17)13(18)10-19-6-12-7(14)2-3-8(12)15/h2-6H2,1H3,(H,16,17)/b13-10-. The van der Waals surface area contributed by atoms with Crippen molar-refractivity contribution in [3.8, 4) is 0 Å². The van der Waals surface area contributed by atoms with Gasteiger partial charge in [-0.25, -0.2) is 4.90 Å². The molecule has 1 saturated heterocycles. The first-order valence-electron chi connectivity index (χ1n) is 5.48. The van der Waals surface area contributed by atoms with E-state index < -0.39 is 12.7 Å². The molecule has 19 heavy (non-hydrogen) atoms. The first kappa shape index (κ1) is 14.7. The van der Waals surface area contributed by atoms with Crippen LogP contribution in [-0.4, -0.2) is 58.1 Å². The van der Waals surface area contributed by atoms with E-state index in [1.54, 1.807) is 0 Å². The van der Waals surface area contributed by atoms with Gasteiger partial charge in [0.05, 0.1) is 25.0 Å². The Balaban J connectivity index is 2.36. The lowest BCUT2D eigenvalue weighted by Gasteiger charge is -2.13. The van der Waals surface area contributed by atoms with E-state index in [0.29, 0.717) is 0 Å². The van der Waals surface area contributed by atoms with E-state index in [1.165, 1.54) is 7.05 Å². The molecule has 1 aliphatic heterocycles. The summed E-state index contributed by atoms with van der Waals surface area (Å²) >= 11 is 0. The quantitative estimate of drug-likeness (QED) is 0.282. The van der Waals surface area contributed by atoms with E-state index in [1.807, 2.05) is 0 Å². The van der Waals surface area contributed by atoms with Crippen molar-refractivity contribution in [2.75, 3.05) is 20.3 Å². The molecule has 10 heteroatoms. The summed E-state index contributed by atoms with van der Waals surface area (Å²) in [5.41, 5.74) is 0. The number of hydrazine groups is 1. The van der Waals surface area contributed by atoms with Crippen LogP contribution in [0.2, 0.25) is 0 Å². The van der Waals surface area contributed by atoms with Crippen molar-refractivity contribution in [3.05, 3.63) is 5.21 Å². The third-order valence-corrected chi connectivity index (χ3v) is 2.41. The molecule has 0 aromatic carbocycles. The van der Waals surface area contributed by atoms with Gasteiger partial charge < -0.3 is 15.2 Å². The molecule has 1 rings (SSSR count). The summed E-state index contributed by atoms with van der Waals surface area (Å²) in [4.78, 5) is 38.2. The molecule has 0 radical (unpaired) electrons. The molecular formula is C9H14N4O6. The van der Waals surface area contributed by atoms with Gasteiger partial charge in [-0.1, -0.05) is 0 Å². The minimum atomic E-state index is -1.05. The molecule has 1 heterocycles. The van der Waals surface area contributed by atoms with Crippen LogP contribution in [0.25, 0.3) is 0 Å². The Morgan fingerprint density at radius 2 is 2.11 bits per heavy atom. The number of hydrogen-bond donors (Lipinski definition) is 1. The number of amides is 2. The Hall–Kier alpha value is -2.39. The maximum atomic E-state index is 11.3. The molecule has 0 atom stereocenters. The zero-order valence-corrected chi connectivity index (χ0v) is 10.3. The van der Waals surface area contributed by atoms with Gasteiger partial charge in [-0.05, 0) is 0 Å². The van der Waals surface area contributed by atoms with Crippen molar-refractivity contribution >= 4 is 17.8 Å². The number of carbonyl (C=O) groups excluding carboxylic acids is 2. The molecule has 0 unspecified atom stereocenters. The molecule has 0 aromatic heterocycles. The Labute approximate surface area is 108 Å².